The molecule has 2 fully saturated rings. The molecule has 1 aromatic rings. The lowest BCUT2D eigenvalue weighted by Crippen LogP contribution is -2.48. The van der Waals surface area contributed by atoms with Gasteiger partial charge in [-0.05, 0) is 33.1 Å². The topological polar surface area (TPSA) is 61.4 Å². The number of carbonyl (C=O) groups excluding carboxylic acids is 1. The summed E-state index contributed by atoms with van der Waals surface area (Å²) in [5.74, 6) is 4.10. The molecular formula is C17H27N5OS. The van der Waals surface area contributed by atoms with E-state index in [1.54, 1.807) is 6.33 Å². The van der Waals surface area contributed by atoms with Crippen LogP contribution in [0.25, 0.3) is 0 Å². The Morgan fingerprint density at radius 2 is 2.08 bits per heavy atom. The molecule has 2 aliphatic rings. The normalized spacial score (nSPS) is 23.0. The molecule has 2 unspecified atom stereocenters. The second-order valence-corrected chi connectivity index (χ2v) is 7.83. The van der Waals surface area contributed by atoms with Gasteiger partial charge in [-0.1, -0.05) is 0 Å². The quantitative estimate of drug-likeness (QED) is 0.899. The molecule has 3 rings (SSSR count). The molecule has 0 saturated carbocycles. The molecule has 1 aromatic heterocycles. The highest BCUT2D eigenvalue weighted by atomic mass is 32.2. The van der Waals surface area contributed by atoms with E-state index >= 15 is 0 Å². The third kappa shape index (κ3) is 4.12. The number of piperidine rings is 1. The van der Waals surface area contributed by atoms with Crippen LogP contribution in [0.2, 0.25) is 0 Å². The Hall–Kier alpha value is -1.50. The van der Waals surface area contributed by atoms with Crippen LogP contribution in [0.5, 0.6) is 0 Å². The summed E-state index contributed by atoms with van der Waals surface area (Å²) < 4.78 is 0. The van der Waals surface area contributed by atoms with Gasteiger partial charge in [0.15, 0.2) is 0 Å². The average molecular weight is 350 g/mol. The number of hydrogen-bond donors (Lipinski definition) is 1. The standard InChI is InChI=1S/C17H27N5OS/c1-13-5-3-4-6-22(13)17(23)14(2)20-15-11-16(19-12-18-15)21-7-9-24-10-8-21/h11-14H,3-10H2,1-2H3,(H,18,19,20). The molecule has 1 amide bonds. The second kappa shape index (κ2) is 8.05. The van der Waals surface area contributed by atoms with Crippen LogP contribution in [-0.2, 0) is 4.79 Å². The maximum Gasteiger partial charge on any atom is 0.245 e. The van der Waals surface area contributed by atoms with Gasteiger partial charge in [-0.3, -0.25) is 4.79 Å². The van der Waals surface area contributed by atoms with Gasteiger partial charge >= 0.3 is 0 Å². The minimum atomic E-state index is -0.273. The molecule has 24 heavy (non-hydrogen) atoms. The number of hydrogen-bond acceptors (Lipinski definition) is 6. The zero-order chi connectivity index (χ0) is 16.9. The fourth-order valence-corrected chi connectivity index (χ4v) is 4.25. The first-order valence-electron chi connectivity index (χ1n) is 8.87. The molecule has 2 atom stereocenters. The van der Waals surface area contributed by atoms with Crippen molar-refractivity contribution < 1.29 is 4.79 Å². The van der Waals surface area contributed by atoms with Crippen molar-refractivity contribution in [3.8, 4) is 0 Å². The van der Waals surface area contributed by atoms with Crippen LogP contribution in [-0.4, -0.2) is 64.0 Å². The van der Waals surface area contributed by atoms with Crippen LogP contribution < -0.4 is 10.2 Å². The molecule has 6 nitrogen and oxygen atoms in total. The lowest BCUT2D eigenvalue weighted by Gasteiger charge is -2.35. The molecule has 0 bridgehead atoms. The van der Waals surface area contributed by atoms with Crippen molar-refractivity contribution in [2.75, 3.05) is 41.4 Å². The molecule has 7 heteroatoms. The number of likely N-dealkylation sites (tertiary alicyclic amines) is 1. The lowest BCUT2D eigenvalue weighted by molar-refractivity contribution is -0.134. The van der Waals surface area contributed by atoms with Crippen molar-refractivity contribution in [3.05, 3.63) is 12.4 Å². The number of amides is 1. The Kier molecular flexibility index (Phi) is 5.81. The van der Waals surface area contributed by atoms with E-state index in [-0.39, 0.29) is 11.9 Å². The van der Waals surface area contributed by atoms with Gasteiger partial charge in [-0.15, -0.1) is 0 Å². The van der Waals surface area contributed by atoms with Gasteiger partial charge in [0.1, 0.15) is 24.0 Å². The number of carbonyl (C=O) groups is 1. The highest BCUT2D eigenvalue weighted by molar-refractivity contribution is 7.99. The minimum Gasteiger partial charge on any atom is -0.358 e. The molecule has 0 aromatic carbocycles. The van der Waals surface area contributed by atoms with E-state index in [4.69, 9.17) is 0 Å². The van der Waals surface area contributed by atoms with E-state index in [1.807, 2.05) is 29.7 Å². The summed E-state index contributed by atoms with van der Waals surface area (Å²) in [5.41, 5.74) is 0. The van der Waals surface area contributed by atoms with Crippen molar-refractivity contribution in [2.45, 2.75) is 45.2 Å². The van der Waals surface area contributed by atoms with Gasteiger partial charge in [-0.2, -0.15) is 11.8 Å². The van der Waals surface area contributed by atoms with Gasteiger partial charge in [0.05, 0.1) is 0 Å². The van der Waals surface area contributed by atoms with Crippen molar-refractivity contribution in [2.24, 2.45) is 0 Å². The SMILES string of the molecule is CC(Nc1cc(N2CCSCC2)ncn1)C(=O)N1CCCCC1C. The summed E-state index contributed by atoms with van der Waals surface area (Å²) in [6, 6.07) is 2.02. The first-order valence-corrected chi connectivity index (χ1v) is 10.0. The van der Waals surface area contributed by atoms with E-state index < -0.39 is 0 Å². The van der Waals surface area contributed by atoms with Gasteiger partial charge in [-0.25, -0.2) is 9.97 Å². The molecule has 132 valence electrons. The lowest BCUT2D eigenvalue weighted by atomic mass is 10.0. The number of aromatic nitrogens is 2. The third-order valence-electron chi connectivity index (χ3n) is 4.81. The van der Waals surface area contributed by atoms with Gasteiger partial charge in [0, 0.05) is 43.2 Å². The van der Waals surface area contributed by atoms with Crippen LogP contribution in [0.3, 0.4) is 0 Å². The summed E-state index contributed by atoms with van der Waals surface area (Å²) >= 11 is 1.98. The Morgan fingerprint density at radius 1 is 1.29 bits per heavy atom. The summed E-state index contributed by atoms with van der Waals surface area (Å²) in [4.78, 5) is 25.7. The Morgan fingerprint density at radius 3 is 2.83 bits per heavy atom. The van der Waals surface area contributed by atoms with Crippen molar-refractivity contribution in [3.63, 3.8) is 0 Å². The highest BCUT2D eigenvalue weighted by Crippen LogP contribution is 2.21. The highest BCUT2D eigenvalue weighted by Gasteiger charge is 2.27. The molecule has 2 saturated heterocycles. The maximum absolute atomic E-state index is 12.7. The zero-order valence-electron chi connectivity index (χ0n) is 14.6. The second-order valence-electron chi connectivity index (χ2n) is 6.60. The minimum absolute atomic E-state index is 0.164. The zero-order valence-corrected chi connectivity index (χ0v) is 15.4. The number of rotatable bonds is 4. The number of thioether (sulfide) groups is 1. The molecular weight excluding hydrogens is 322 g/mol. The number of nitrogens with one attached hydrogen (secondary N) is 1. The van der Waals surface area contributed by atoms with Crippen LogP contribution >= 0.6 is 11.8 Å². The average Bonchev–Trinajstić information content (AvgIpc) is 2.62. The Balaban J connectivity index is 1.63. The van der Waals surface area contributed by atoms with Crippen molar-refractivity contribution in [1.29, 1.82) is 0 Å². The first kappa shape index (κ1) is 17.3. The van der Waals surface area contributed by atoms with Crippen LogP contribution in [0.1, 0.15) is 33.1 Å². The number of nitrogens with zero attached hydrogens (tertiary/aromatic N) is 4. The fraction of sp³-hybridized carbons (Fsp3) is 0.706. The third-order valence-corrected chi connectivity index (χ3v) is 5.75. The fourth-order valence-electron chi connectivity index (χ4n) is 3.35. The van der Waals surface area contributed by atoms with Crippen molar-refractivity contribution in [1.82, 2.24) is 14.9 Å². The summed E-state index contributed by atoms with van der Waals surface area (Å²) in [6.45, 7) is 6.96. The number of anilines is 2. The molecule has 0 aliphatic carbocycles. The van der Waals surface area contributed by atoms with Crippen LogP contribution in [0.15, 0.2) is 12.4 Å². The van der Waals surface area contributed by atoms with Crippen molar-refractivity contribution >= 4 is 29.3 Å². The molecule has 1 N–H and O–H groups in total. The van der Waals surface area contributed by atoms with Crippen LogP contribution in [0, 0.1) is 0 Å². The smallest absolute Gasteiger partial charge is 0.245 e. The van der Waals surface area contributed by atoms with E-state index in [0.717, 1.165) is 55.6 Å². The molecule has 2 aliphatic heterocycles. The largest absolute Gasteiger partial charge is 0.358 e. The van der Waals surface area contributed by atoms with Crippen LogP contribution in [0.4, 0.5) is 11.6 Å². The molecule has 0 spiro atoms. The predicted octanol–water partition coefficient (Wildman–Crippen LogP) is 2.23. The van der Waals surface area contributed by atoms with Gasteiger partial charge in [0.2, 0.25) is 5.91 Å². The van der Waals surface area contributed by atoms with E-state index in [2.05, 4.69) is 27.1 Å². The Bertz CT molecular complexity index is 564. The maximum atomic E-state index is 12.7. The predicted molar refractivity (Wildman–Crippen MR) is 99.7 cm³/mol. The van der Waals surface area contributed by atoms with E-state index in [9.17, 15) is 4.79 Å². The summed E-state index contributed by atoms with van der Waals surface area (Å²) in [6.07, 6.45) is 5.01. The molecule has 3 heterocycles. The summed E-state index contributed by atoms with van der Waals surface area (Å²) in [5, 5.41) is 3.26. The monoisotopic (exact) mass is 349 g/mol. The van der Waals surface area contributed by atoms with E-state index in [1.165, 1.54) is 6.42 Å². The first-order chi connectivity index (χ1) is 11.6. The van der Waals surface area contributed by atoms with Gasteiger partial charge < -0.3 is 15.1 Å². The molecule has 0 radical (unpaired) electrons. The summed E-state index contributed by atoms with van der Waals surface area (Å²) in [7, 11) is 0. The van der Waals surface area contributed by atoms with Gasteiger partial charge in [0.25, 0.3) is 0 Å². The Labute approximate surface area is 148 Å². The van der Waals surface area contributed by atoms with E-state index in [0.29, 0.717) is 6.04 Å².